The van der Waals surface area contributed by atoms with E-state index in [0.717, 1.165) is 4.90 Å². The molecule has 4 amide bonds. The van der Waals surface area contributed by atoms with Crippen LogP contribution in [-0.4, -0.2) is 61.4 Å². The molecular formula is C14H17ClN4O3. The van der Waals surface area contributed by atoms with Crippen LogP contribution in [0.1, 0.15) is 10.4 Å². The number of carbonyl (C=O) groups is 3. The lowest BCUT2D eigenvalue weighted by Gasteiger charge is -2.15. The van der Waals surface area contributed by atoms with Gasteiger partial charge in [-0.3, -0.25) is 14.5 Å². The van der Waals surface area contributed by atoms with Gasteiger partial charge in [0.15, 0.2) is 0 Å². The van der Waals surface area contributed by atoms with Crippen LogP contribution in [0.15, 0.2) is 18.2 Å². The van der Waals surface area contributed by atoms with Crippen molar-refractivity contribution in [1.82, 2.24) is 15.1 Å². The van der Waals surface area contributed by atoms with Crippen LogP contribution in [-0.2, 0) is 4.79 Å². The molecule has 22 heavy (non-hydrogen) atoms. The zero-order valence-corrected chi connectivity index (χ0v) is 13.1. The Kier molecular flexibility index (Phi) is 4.87. The van der Waals surface area contributed by atoms with Crippen molar-refractivity contribution in [1.29, 1.82) is 0 Å². The van der Waals surface area contributed by atoms with Crippen molar-refractivity contribution >= 4 is 35.1 Å². The molecule has 0 radical (unpaired) electrons. The molecule has 8 heteroatoms. The van der Waals surface area contributed by atoms with E-state index in [0.29, 0.717) is 29.4 Å². The Bertz CT molecular complexity index is 618. The molecule has 1 aromatic carbocycles. The van der Waals surface area contributed by atoms with E-state index < -0.39 is 0 Å². The Morgan fingerprint density at radius 1 is 1.41 bits per heavy atom. The summed E-state index contributed by atoms with van der Waals surface area (Å²) in [5.74, 6) is -0.552. The molecule has 7 nitrogen and oxygen atoms in total. The molecule has 1 saturated heterocycles. The van der Waals surface area contributed by atoms with E-state index in [9.17, 15) is 14.4 Å². The Balaban J connectivity index is 2.04. The van der Waals surface area contributed by atoms with Crippen LogP contribution in [0.5, 0.6) is 0 Å². The van der Waals surface area contributed by atoms with E-state index in [4.69, 9.17) is 11.6 Å². The van der Waals surface area contributed by atoms with Crippen LogP contribution in [0.25, 0.3) is 0 Å². The van der Waals surface area contributed by atoms with Gasteiger partial charge in [-0.2, -0.15) is 0 Å². The number of halogens is 1. The number of amides is 4. The predicted octanol–water partition coefficient (Wildman–Crippen LogP) is 1.01. The molecule has 1 aliphatic heterocycles. The van der Waals surface area contributed by atoms with Crippen LogP contribution in [0, 0.1) is 0 Å². The van der Waals surface area contributed by atoms with Crippen LogP contribution in [0.4, 0.5) is 10.5 Å². The number of rotatable bonds is 4. The average molecular weight is 325 g/mol. The number of nitrogens with one attached hydrogen (secondary N) is 2. The third-order valence-electron chi connectivity index (χ3n) is 3.20. The molecule has 0 bridgehead atoms. The number of benzene rings is 1. The first-order chi connectivity index (χ1) is 10.4. The van der Waals surface area contributed by atoms with Gasteiger partial charge in [0.2, 0.25) is 5.91 Å². The Labute approximate surface area is 133 Å². The zero-order chi connectivity index (χ0) is 16.3. The lowest BCUT2D eigenvalue weighted by atomic mass is 10.1. The Hall–Kier alpha value is -2.28. The maximum atomic E-state index is 12.0. The molecule has 2 N–H and O–H groups in total. The second kappa shape index (κ2) is 6.65. The quantitative estimate of drug-likeness (QED) is 0.866. The Morgan fingerprint density at radius 3 is 2.73 bits per heavy atom. The maximum Gasteiger partial charge on any atom is 0.324 e. The highest BCUT2D eigenvalue weighted by Gasteiger charge is 2.25. The Morgan fingerprint density at radius 2 is 2.14 bits per heavy atom. The van der Waals surface area contributed by atoms with Crippen LogP contribution >= 0.6 is 11.6 Å². The molecule has 0 aliphatic carbocycles. The summed E-state index contributed by atoms with van der Waals surface area (Å²) in [5.41, 5.74) is 0.936. The van der Waals surface area contributed by atoms with Crippen LogP contribution in [0.2, 0.25) is 5.02 Å². The zero-order valence-electron chi connectivity index (χ0n) is 12.4. The molecule has 0 aromatic heterocycles. The summed E-state index contributed by atoms with van der Waals surface area (Å²) < 4.78 is 0. The van der Waals surface area contributed by atoms with E-state index in [1.807, 2.05) is 0 Å². The lowest BCUT2D eigenvalue weighted by Crippen LogP contribution is -2.38. The second-order valence-electron chi connectivity index (χ2n) is 5.03. The van der Waals surface area contributed by atoms with Crippen molar-refractivity contribution in [2.75, 3.05) is 39.0 Å². The number of hydrogen-bond donors (Lipinski definition) is 2. The van der Waals surface area contributed by atoms with Gasteiger partial charge >= 0.3 is 6.03 Å². The second-order valence-corrected chi connectivity index (χ2v) is 5.43. The SMILES string of the molecule is CN(C)C(=O)c1cc(NCC(=O)N2CCNC2=O)ccc1Cl. The molecule has 1 heterocycles. The largest absolute Gasteiger partial charge is 0.376 e. The maximum absolute atomic E-state index is 12.0. The normalized spacial score (nSPS) is 13.8. The minimum absolute atomic E-state index is 0.0371. The van der Waals surface area contributed by atoms with Gasteiger partial charge in [0.1, 0.15) is 0 Å². The minimum atomic E-state index is -0.383. The molecule has 0 spiro atoms. The smallest absolute Gasteiger partial charge is 0.324 e. The van der Waals surface area contributed by atoms with E-state index in [2.05, 4.69) is 10.6 Å². The number of nitrogens with zero attached hydrogens (tertiary/aromatic N) is 2. The summed E-state index contributed by atoms with van der Waals surface area (Å²) in [6.07, 6.45) is 0. The lowest BCUT2D eigenvalue weighted by molar-refractivity contribution is -0.125. The summed E-state index contributed by atoms with van der Waals surface area (Å²) in [7, 11) is 3.27. The van der Waals surface area contributed by atoms with E-state index >= 15 is 0 Å². The highest BCUT2D eigenvalue weighted by Crippen LogP contribution is 2.21. The highest BCUT2D eigenvalue weighted by molar-refractivity contribution is 6.34. The number of anilines is 1. The molecule has 0 atom stereocenters. The van der Waals surface area contributed by atoms with E-state index in [1.54, 1.807) is 32.3 Å². The van der Waals surface area contributed by atoms with Gasteiger partial charge < -0.3 is 15.5 Å². The third kappa shape index (κ3) is 3.48. The summed E-state index contributed by atoms with van der Waals surface area (Å²) in [5, 5.41) is 5.81. The molecule has 118 valence electrons. The average Bonchev–Trinajstić information content (AvgIpc) is 2.91. The van der Waals surface area contributed by atoms with Crippen molar-refractivity contribution in [3.8, 4) is 0 Å². The summed E-state index contributed by atoms with van der Waals surface area (Å²) in [6.45, 7) is 0.794. The van der Waals surface area contributed by atoms with E-state index in [1.165, 1.54) is 4.90 Å². The van der Waals surface area contributed by atoms with Crippen molar-refractivity contribution in [2.45, 2.75) is 0 Å². The summed E-state index contributed by atoms with van der Waals surface area (Å²) in [6, 6.07) is 4.47. The minimum Gasteiger partial charge on any atom is -0.376 e. The van der Waals surface area contributed by atoms with Gasteiger partial charge in [-0.15, -0.1) is 0 Å². The van der Waals surface area contributed by atoms with Gasteiger partial charge in [0, 0.05) is 32.9 Å². The first-order valence-electron chi connectivity index (χ1n) is 6.73. The van der Waals surface area contributed by atoms with Crippen molar-refractivity contribution in [2.24, 2.45) is 0 Å². The van der Waals surface area contributed by atoms with Crippen molar-refractivity contribution in [3.05, 3.63) is 28.8 Å². The first-order valence-corrected chi connectivity index (χ1v) is 7.11. The van der Waals surface area contributed by atoms with E-state index in [-0.39, 0.29) is 24.4 Å². The fourth-order valence-electron chi connectivity index (χ4n) is 2.02. The molecule has 1 aromatic rings. The number of hydrogen-bond acceptors (Lipinski definition) is 4. The summed E-state index contributed by atoms with van der Waals surface area (Å²) in [4.78, 5) is 37.9. The monoisotopic (exact) mass is 324 g/mol. The third-order valence-corrected chi connectivity index (χ3v) is 3.53. The number of imide groups is 1. The highest BCUT2D eigenvalue weighted by atomic mass is 35.5. The summed E-state index contributed by atoms with van der Waals surface area (Å²) >= 11 is 6.02. The van der Waals surface area contributed by atoms with Crippen LogP contribution in [0.3, 0.4) is 0 Å². The molecule has 1 aliphatic rings. The van der Waals surface area contributed by atoms with Gasteiger partial charge in [-0.1, -0.05) is 11.6 Å². The number of urea groups is 1. The molecule has 0 unspecified atom stereocenters. The first kappa shape index (κ1) is 16.1. The molecule has 2 rings (SSSR count). The molecular weight excluding hydrogens is 308 g/mol. The van der Waals surface area contributed by atoms with Crippen LogP contribution < -0.4 is 10.6 Å². The van der Waals surface area contributed by atoms with Gasteiger partial charge in [0.05, 0.1) is 17.1 Å². The van der Waals surface area contributed by atoms with Crippen molar-refractivity contribution < 1.29 is 14.4 Å². The standard InChI is InChI=1S/C14H17ClN4O3/c1-18(2)13(21)10-7-9(3-4-11(10)15)17-8-12(20)19-6-5-16-14(19)22/h3-4,7,17H,5-6,8H2,1-2H3,(H,16,22). The van der Waals surface area contributed by atoms with Gasteiger partial charge in [-0.25, -0.2) is 4.79 Å². The fourth-order valence-corrected chi connectivity index (χ4v) is 2.22. The topological polar surface area (TPSA) is 81.8 Å². The van der Waals surface area contributed by atoms with Gasteiger partial charge in [-0.05, 0) is 18.2 Å². The van der Waals surface area contributed by atoms with Gasteiger partial charge in [0.25, 0.3) is 5.91 Å². The molecule has 0 saturated carbocycles. The number of carbonyl (C=O) groups excluding carboxylic acids is 3. The fraction of sp³-hybridized carbons (Fsp3) is 0.357. The predicted molar refractivity (Wildman–Crippen MR) is 83.1 cm³/mol. The van der Waals surface area contributed by atoms with Crippen molar-refractivity contribution in [3.63, 3.8) is 0 Å². The molecule has 1 fully saturated rings.